The molecule has 0 bridgehead atoms. The van der Waals surface area contributed by atoms with E-state index in [0.29, 0.717) is 6.42 Å². The van der Waals surface area contributed by atoms with E-state index < -0.39 is 12.1 Å². The van der Waals surface area contributed by atoms with E-state index in [1.165, 1.54) is 0 Å². The Hall–Kier alpha value is -1.09. The number of aliphatic hydroxyl groups is 1. The largest absolute Gasteiger partial charge is 0.461 e. The van der Waals surface area contributed by atoms with Crippen molar-refractivity contribution in [2.24, 2.45) is 11.8 Å². The first-order chi connectivity index (χ1) is 7.06. The molecular weight excluding hydrogens is 192 g/mol. The third kappa shape index (κ3) is 2.93. The smallest absolute Gasteiger partial charge is 0.335 e. The van der Waals surface area contributed by atoms with E-state index in [2.05, 4.69) is 6.58 Å². The van der Waals surface area contributed by atoms with E-state index in [9.17, 15) is 9.90 Å². The van der Waals surface area contributed by atoms with Gasteiger partial charge in [0.25, 0.3) is 0 Å². The van der Waals surface area contributed by atoms with Crippen LogP contribution in [0.15, 0.2) is 24.8 Å². The summed E-state index contributed by atoms with van der Waals surface area (Å²) in [5.41, 5.74) is 0. The summed E-state index contributed by atoms with van der Waals surface area (Å²) in [6, 6.07) is 0. The molecule has 1 aliphatic carbocycles. The van der Waals surface area contributed by atoms with Crippen LogP contribution in [0.1, 0.15) is 20.3 Å². The van der Waals surface area contributed by atoms with Crippen LogP contribution in [0.25, 0.3) is 0 Å². The number of carbonyl (C=O) groups is 1. The quantitative estimate of drug-likeness (QED) is 0.567. The maximum Gasteiger partial charge on any atom is 0.335 e. The van der Waals surface area contributed by atoms with Crippen molar-refractivity contribution in [3.05, 3.63) is 24.8 Å². The van der Waals surface area contributed by atoms with Crippen LogP contribution in [0.4, 0.5) is 0 Å². The number of ether oxygens (including phenoxy) is 1. The van der Waals surface area contributed by atoms with E-state index in [1.807, 2.05) is 12.2 Å². The number of hydrogen-bond acceptors (Lipinski definition) is 3. The van der Waals surface area contributed by atoms with Crippen LogP contribution in [0, 0.1) is 11.8 Å². The normalized spacial score (nSPS) is 26.7. The molecule has 0 amide bonds. The molecular formula is C12H18O3. The summed E-state index contributed by atoms with van der Waals surface area (Å²) in [5, 5.41) is 9.81. The zero-order valence-electron chi connectivity index (χ0n) is 9.22. The molecule has 0 aromatic carbocycles. The van der Waals surface area contributed by atoms with Gasteiger partial charge < -0.3 is 9.84 Å². The lowest BCUT2D eigenvalue weighted by Crippen LogP contribution is -2.34. The number of hydrogen-bond donors (Lipinski definition) is 1. The van der Waals surface area contributed by atoms with Gasteiger partial charge in [0.05, 0.1) is 6.10 Å². The minimum absolute atomic E-state index is 0.0692. The van der Waals surface area contributed by atoms with Crippen molar-refractivity contribution in [2.75, 3.05) is 0 Å². The Labute approximate surface area is 90.4 Å². The highest BCUT2D eigenvalue weighted by molar-refractivity contribution is 5.75. The van der Waals surface area contributed by atoms with Crippen LogP contribution in [0.2, 0.25) is 0 Å². The van der Waals surface area contributed by atoms with Crippen LogP contribution in [0.5, 0.6) is 0 Å². The molecule has 0 heterocycles. The molecule has 1 rings (SSSR count). The van der Waals surface area contributed by atoms with Crippen molar-refractivity contribution in [3.63, 3.8) is 0 Å². The minimum Gasteiger partial charge on any atom is -0.461 e. The lowest BCUT2D eigenvalue weighted by atomic mass is 9.90. The van der Waals surface area contributed by atoms with Gasteiger partial charge in [-0.05, 0) is 20.3 Å². The van der Waals surface area contributed by atoms with E-state index in [1.54, 1.807) is 19.9 Å². The molecule has 3 nitrogen and oxygen atoms in total. The first-order valence-corrected chi connectivity index (χ1v) is 5.24. The highest BCUT2D eigenvalue weighted by atomic mass is 16.6. The van der Waals surface area contributed by atoms with E-state index in [-0.39, 0.29) is 17.9 Å². The Kier molecular flexibility index (Phi) is 4.09. The van der Waals surface area contributed by atoms with Gasteiger partial charge in [-0.25, -0.2) is 4.79 Å². The third-order valence-corrected chi connectivity index (χ3v) is 2.53. The second-order valence-corrected chi connectivity index (χ2v) is 4.07. The summed E-state index contributed by atoms with van der Waals surface area (Å²) in [4.78, 5) is 11.5. The number of rotatable bonds is 4. The maximum absolute atomic E-state index is 11.5. The number of esters is 1. The molecule has 0 spiro atoms. The van der Waals surface area contributed by atoms with Gasteiger partial charge in [-0.15, -0.1) is 6.58 Å². The maximum atomic E-state index is 11.5. The topological polar surface area (TPSA) is 46.5 Å². The number of carbonyl (C=O) groups excluding carboxylic acids is 1. The number of allylic oxidation sites excluding steroid dienone is 3. The average Bonchev–Trinajstić information content (AvgIpc) is 2.62. The first-order valence-electron chi connectivity index (χ1n) is 5.24. The standard InChI is InChI=1S/C12H18O3/c1-4-9-6-5-7-10(9)11(13)12(14)15-8(2)3/h4-6,8-11,13H,1,7H2,2-3H3/t9-,10-,11-/m1/s1. The third-order valence-electron chi connectivity index (χ3n) is 2.53. The first kappa shape index (κ1) is 12.0. The predicted molar refractivity (Wildman–Crippen MR) is 58.2 cm³/mol. The van der Waals surface area contributed by atoms with Crippen LogP contribution in [-0.4, -0.2) is 23.3 Å². The molecule has 0 fully saturated rings. The predicted octanol–water partition coefficient (Wildman–Crippen LogP) is 1.68. The molecule has 0 saturated heterocycles. The Balaban J connectivity index is 2.56. The van der Waals surface area contributed by atoms with Crippen molar-refractivity contribution in [1.82, 2.24) is 0 Å². The SMILES string of the molecule is C=C[C@@H]1C=CC[C@H]1[C@@H](O)C(=O)OC(C)C. The summed E-state index contributed by atoms with van der Waals surface area (Å²) < 4.78 is 4.97. The van der Waals surface area contributed by atoms with Crippen LogP contribution in [0.3, 0.4) is 0 Å². The second-order valence-electron chi connectivity index (χ2n) is 4.07. The molecule has 1 N–H and O–H groups in total. The van der Waals surface area contributed by atoms with E-state index in [0.717, 1.165) is 0 Å². The fourth-order valence-corrected chi connectivity index (χ4v) is 1.76. The molecule has 0 aromatic rings. The van der Waals surface area contributed by atoms with Gasteiger partial charge in [-0.3, -0.25) is 0 Å². The Morgan fingerprint density at radius 3 is 2.87 bits per heavy atom. The average molecular weight is 210 g/mol. The lowest BCUT2D eigenvalue weighted by Gasteiger charge is -2.22. The minimum atomic E-state index is -1.05. The van der Waals surface area contributed by atoms with Crippen molar-refractivity contribution in [2.45, 2.75) is 32.5 Å². The zero-order valence-corrected chi connectivity index (χ0v) is 9.22. The molecule has 1 aliphatic rings. The van der Waals surface area contributed by atoms with Crippen LogP contribution < -0.4 is 0 Å². The van der Waals surface area contributed by atoms with Crippen molar-refractivity contribution >= 4 is 5.97 Å². The Bertz CT molecular complexity index is 268. The summed E-state index contributed by atoms with van der Waals surface area (Å²) in [5.74, 6) is -0.584. The molecule has 0 aliphatic heterocycles. The molecule has 3 heteroatoms. The van der Waals surface area contributed by atoms with Crippen LogP contribution >= 0.6 is 0 Å². The molecule has 15 heavy (non-hydrogen) atoms. The van der Waals surface area contributed by atoms with Gasteiger partial charge in [0.1, 0.15) is 0 Å². The van der Waals surface area contributed by atoms with Gasteiger partial charge >= 0.3 is 5.97 Å². The molecule has 84 valence electrons. The fraction of sp³-hybridized carbons (Fsp3) is 0.583. The van der Waals surface area contributed by atoms with E-state index >= 15 is 0 Å². The monoisotopic (exact) mass is 210 g/mol. The molecule has 0 unspecified atom stereocenters. The lowest BCUT2D eigenvalue weighted by molar-refractivity contribution is -0.160. The van der Waals surface area contributed by atoms with Gasteiger partial charge in [0, 0.05) is 11.8 Å². The second kappa shape index (κ2) is 5.12. The molecule has 3 atom stereocenters. The highest BCUT2D eigenvalue weighted by Gasteiger charge is 2.33. The van der Waals surface area contributed by atoms with Gasteiger partial charge in [-0.1, -0.05) is 18.2 Å². The van der Waals surface area contributed by atoms with Crippen LogP contribution in [-0.2, 0) is 9.53 Å². The Morgan fingerprint density at radius 2 is 2.33 bits per heavy atom. The summed E-state index contributed by atoms with van der Waals surface area (Å²) in [6.07, 6.45) is 5.13. The molecule has 0 aromatic heterocycles. The van der Waals surface area contributed by atoms with Crippen molar-refractivity contribution < 1.29 is 14.6 Å². The van der Waals surface area contributed by atoms with Gasteiger partial charge in [0.15, 0.2) is 6.10 Å². The summed E-state index contributed by atoms with van der Waals surface area (Å²) >= 11 is 0. The van der Waals surface area contributed by atoms with Gasteiger partial charge in [-0.2, -0.15) is 0 Å². The van der Waals surface area contributed by atoms with Crippen molar-refractivity contribution in [1.29, 1.82) is 0 Å². The Morgan fingerprint density at radius 1 is 1.67 bits per heavy atom. The zero-order chi connectivity index (χ0) is 11.4. The highest BCUT2D eigenvalue weighted by Crippen LogP contribution is 2.29. The summed E-state index contributed by atoms with van der Waals surface area (Å²) in [6.45, 7) is 7.21. The fourth-order valence-electron chi connectivity index (χ4n) is 1.76. The molecule has 0 saturated carbocycles. The molecule has 0 radical (unpaired) electrons. The number of aliphatic hydroxyl groups excluding tert-OH is 1. The summed E-state index contributed by atoms with van der Waals surface area (Å²) in [7, 11) is 0. The van der Waals surface area contributed by atoms with Crippen molar-refractivity contribution in [3.8, 4) is 0 Å². The van der Waals surface area contributed by atoms with E-state index in [4.69, 9.17) is 4.74 Å². The van der Waals surface area contributed by atoms with Gasteiger partial charge in [0.2, 0.25) is 0 Å².